The van der Waals surface area contributed by atoms with E-state index in [1.807, 2.05) is 7.05 Å². The number of nitrogens with one attached hydrogen (secondary N) is 2. The molecule has 64 valence electrons. The van der Waals surface area contributed by atoms with Crippen molar-refractivity contribution in [3.05, 3.63) is 24.0 Å². The number of nitrogens with zero attached hydrogens (tertiary/aromatic N) is 1. The largest absolute Gasteiger partial charge is 0.387 e. The number of hydrogen-bond acceptors (Lipinski definition) is 2. The Bertz CT molecular complexity index is 296. The van der Waals surface area contributed by atoms with Crippen molar-refractivity contribution in [2.24, 2.45) is 0 Å². The lowest BCUT2D eigenvalue weighted by Gasteiger charge is -1.96. The van der Waals surface area contributed by atoms with Crippen LogP contribution in [0.4, 0.5) is 0 Å². The summed E-state index contributed by atoms with van der Waals surface area (Å²) in [5.74, 6) is 0.732. The summed E-state index contributed by atoms with van der Waals surface area (Å²) < 4.78 is 0. The average molecular weight is 163 g/mol. The van der Waals surface area contributed by atoms with E-state index in [4.69, 9.17) is 0 Å². The Morgan fingerprint density at radius 2 is 2.50 bits per heavy atom. The second-order valence-electron chi connectivity index (χ2n) is 3.21. The summed E-state index contributed by atoms with van der Waals surface area (Å²) in [6, 6.07) is 2.08. The first kappa shape index (κ1) is 7.40. The molecule has 0 atom stereocenters. The highest BCUT2D eigenvalue weighted by molar-refractivity contribution is 5.58. The highest BCUT2D eigenvalue weighted by Gasteiger charge is 2.25. The molecule has 1 heterocycles. The highest BCUT2D eigenvalue weighted by atomic mass is 15.1. The lowest BCUT2D eigenvalue weighted by molar-refractivity contribution is 0.956. The van der Waals surface area contributed by atoms with Crippen molar-refractivity contribution in [1.29, 1.82) is 0 Å². The van der Waals surface area contributed by atoms with Gasteiger partial charge in [-0.15, -0.1) is 0 Å². The van der Waals surface area contributed by atoms with Gasteiger partial charge in [0.2, 0.25) is 0 Å². The second-order valence-corrected chi connectivity index (χ2v) is 3.21. The van der Waals surface area contributed by atoms with Crippen LogP contribution in [-0.2, 0) is 0 Å². The van der Waals surface area contributed by atoms with Gasteiger partial charge in [-0.3, -0.25) is 5.10 Å². The molecule has 3 nitrogen and oxygen atoms in total. The van der Waals surface area contributed by atoms with Gasteiger partial charge in [0.05, 0.1) is 5.70 Å². The maximum Gasteiger partial charge on any atom is 0.108 e. The van der Waals surface area contributed by atoms with Gasteiger partial charge in [0.25, 0.3) is 0 Å². The SMILES string of the molecule is C=C(NC)c1cc(C2CC2)[nH]n1. The molecule has 0 bridgehead atoms. The van der Waals surface area contributed by atoms with Gasteiger partial charge in [0.15, 0.2) is 0 Å². The normalized spacial score (nSPS) is 16.1. The molecule has 0 amide bonds. The molecule has 12 heavy (non-hydrogen) atoms. The molecule has 1 fully saturated rings. The lowest BCUT2D eigenvalue weighted by atomic mass is 10.2. The van der Waals surface area contributed by atoms with Gasteiger partial charge in [0, 0.05) is 18.7 Å². The maximum atomic E-state index is 4.16. The third-order valence-corrected chi connectivity index (χ3v) is 2.23. The maximum absolute atomic E-state index is 4.16. The van der Waals surface area contributed by atoms with Gasteiger partial charge in [0.1, 0.15) is 5.69 Å². The van der Waals surface area contributed by atoms with Gasteiger partial charge in [-0.05, 0) is 18.9 Å². The fourth-order valence-corrected chi connectivity index (χ4v) is 1.22. The first-order valence-electron chi connectivity index (χ1n) is 4.23. The number of rotatable bonds is 3. The van der Waals surface area contributed by atoms with Crippen LogP contribution in [0.25, 0.3) is 5.70 Å². The standard InChI is InChI=1S/C9H13N3/c1-6(10-2)8-5-9(12-11-8)7-3-4-7/h5,7,10H,1,3-4H2,2H3,(H,11,12). The Morgan fingerprint density at radius 3 is 3.08 bits per heavy atom. The molecule has 0 radical (unpaired) electrons. The van der Waals surface area contributed by atoms with Crippen LogP contribution in [0.3, 0.4) is 0 Å². The van der Waals surface area contributed by atoms with Gasteiger partial charge in [-0.25, -0.2) is 0 Å². The topological polar surface area (TPSA) is 40.7 Å². The van der Waals surface area contributed by atoms with Crippen molar-refractivity contribution in [2.45, 2.75) is 18.8 Å². The Kier molecular flexibility index (Phi) is 1.64. The number of H-pyrrole nitrogens is 1. The predicted octanol–water partition coefficient (Wildman–Crippen LogP) is 1.48. The molecule has 3 heteroatoms. The van der Waals surface area contributed by atoms with E-state index < -0.39 is 0 Å². The Balaban J connectivity index is 2.17. The predicted molar refractivity (Wildman–Crippen MR) is 48.7 cm³/mol. The highest BCUT2D eigenvalue weighted by Crippen LogP contribution is 2.39. The Hall–Kier alpha value is -1.25. The van der Waals surface area contributed by atoms with E-state index in [0.717, 1.165) is 17.3 Å². The molecule has 0 saturated heterocycles. The van der Waals surface area contributed by atoms with Gasteiger partial charge >= 0.3 is 0 Å². The molecule has 1 aromatic rings. The fourth-order valence-electron chi connectivity index (χ4n) is 1.22. The third kappa shape index (κ3) is 1.22. The number of hydrogen-bond donors (Lipinski definition) is 2. The van der Waals surface area contributed by atoms with Crippen molar-refractivity contribution in [3.63, 3.8) is 0 Å². The zero-order valence-electron chi connectivity index (χ0n) is 7.22. The Morgan fingerprint density at radius 1 is 1.75 bits per heavy atom. The van der Waals surface area contributed by atoms with E-state index in [0.29, 0.717) is 0 Å². The van der Waals surface area contributed by atoms with E-state index in [9.17, 15) is 0 Å². The summed E-state index contributed by atoms with van der Waals surface area (Å²) in [7, 11) is 1.85. The van der Waals surface area contributed by atoms with Crippen LogP contribution in [0, 0.1) is 0 Å². The van der Waals surface area contributed by atoms with Crippen molar-refractivity contribution < 1.29 is 0 Å². The molecule has 2 N–H and O–H groups in total. The molecule has 1 saturated carbocycles. The van der Waals surface area contributed by atoms with Crippen molar-refractivity contribution in [2.75, 3.05) is 7.05 Å². The molecule has 0 unspecified atom stereocenters. The summed E-state index contributed by atoms with van der Waals surface area (Å²) in [4.78, 5) is 0. The Labute approximate surface area is 71.9 Å². The van der Waals surface area contributed by atoms with E-state index in [1.54, 1.807) is 0 Å². The fraction of sp³-hybridized carbons (Fsp3) is 0.444. The number of aromatic amines is 1. The summed E-state index contributed by atoms with van der Waals surface area (Å²) >= 11 is 0. The molecular formula is C9H13N3. The second kappa shape index (κ2) is 2.66. The van der Waals surface area contributed by atoms with Crippen LogP contribution in [0.15, 0.2) is 12.6 Å². The summed E-state index contributed by atoms with van der Waals surface area (Å²) in [6.45, 7) is 3.84. The van der Waals surface area contributed by atoms with E-state index >= 15 is 0 Å². The van der Waals surface area contributed by atoms with Crippen LogP contribution >= 0.6 is 0 Å². The van der Waals surface area contributed by atoms with E-state index in [1.165, 1.54) is 18.5 Å². The molecule has 0 aliphatic heterocycles. The van der Waals surface area contributed by atoms with Crippen LogP contribution in [0.1, 0.15) is 30.1 Å². The zero-order chi connectivity index (χ0) is 8.55. The smallest absolute Gasteiger partial charge is 0.108 e. The molecule has 1 aliphatic carbocycles. The minimum absolute atomic E-state index is 0.732. The van der Waals surface area contributed by atoms with Gasteiger partial charge < -0.3 is 5.32 Å². The number of aromatic nitrogens is 2. The molecule has 2 rings (SSSR count). The van der Waals surface area contributed by atoms with Crippen LogP contribution in [-0.4, -0.2) is 17.2 Å². The van der Waals surface area contributed by atoms with Crippen LogP contribution < -0.4 is 5.32 Å². The minimum Gasteiger partial charge on any atom is -0.387 e. The molecule has 0 spiro atoms. The van der Waals surface area contributed by atoms with Crippen molar-refractivity contribution in [1.82, 2.24) is 15.5 Å². The zero-order valence-corrected chi connectivity index (χ0v) is 7.22. The molecule has 1 aliphatic rings. The van der Waals surface area contributed by atoms with Gasteiger partial charge in [-0.1, -0.05) is 6.58 Å². The van der Waals surface area contributed by atoms with Crippen LogP contribution in [0.5, 0.6) is 0 Å². The summed E-state index contributed by atoms with van der Waals surface area (Å²) in [6.07, 6.45) is 2.60. The molecular weight excluding hydrogens is 150 g/mol. The summed E-state index contributed by atoms with van der Waals surface area (Å²) in [5, 5.41) is 10.2. The van der Waals surface area contributed by atoms with Crippen LogP contribution in [0.2, 0.25) is 0 Å². The van der Waals surface area contributed by atoms with E-state index in [2.05, 4.69) is 28.2 Å². The first-order valence-corrected chi connectivity index (χ1v) is 4.23. The minimum atomic E-state index is 0.732. The first-order chi connectivity index (χ1) is 5.81. The van der Waals surface area contributed by atoms with Gasteiger partial charge in [-0.2, -0.15) is 5.10 Å². The average Bonchev–Trinajstić information content (AvgIpc) is 2.83. The monoisotopic (exact) mass is 163 g/mol. The quantitative estimate of drug-likeness (QED) is 0.708. The lowest BCUT2D eigenvalue weighted by Crippen LogP contribution is -2.02. The molecule has 1 aromatic heterocycles. The van der Waals surface area contributed by atoms with Crippen molar-refractivity contribution >= 4 is 5.70 Å². The summed E-state index contributed by atoms with van der Waals surface area (Å²) in [5.41, 5.74) is 3.05. The molecule has 0 aromatic carbocycles. The third-order valence-electron chi connectivity index (χ3n) is 2.23. The van der Waals surface area contributed by atoms with Crippen molar-refractivity contribution in [3.8, 4) is 0 Å². The van der Waals surface area contributed by atoms with E-state index in [-0.39, 0.29) is 0 Å².